The van der Waals surface area contributed by atoms with Crippen molar-refractivity contribution in [2.45, 2.75) is 38.5 Å². The molecule has 0 aromatic heterocycles. The molecule has 0 aliphatic carbocycles. The van der Waals surface area contributed by atoms with Crippen molar-refractivity contribution in [2.24, 2.45) is 0 Å². The number of sulfonamides is 1. The van der Waals surface area contributed by atoms with Gasteiger partial charge in [-0.25, -0.2) is 8.42 Å². The van der Waals surface area contributed by atoms with E-state index in [0.717, 1.165) is 35.2 Å². The number of para-hydroxylation sites is 1. The summed E-state index contributed by atoms with van der Waals surface area (Å²) in [4.78, 5) is 0.331. The van der Waals surface area contributed by atoms with E-state index in [0.29, 0.717) is 4.90 Å². The van der Waals surface area contributed by atoms with E-state index in [9.17, 15) is 8.42 Å². The number of nitrogens with one attached hydrogen (secondary N) is 1. The lowest BCUT2D eigenvalue weighted by molar-refractivity contribution is 0.600. The van der Waals surface area contributed by atoms with Crippen molar-refractivity contribution in [3.8, 4) is 0 Å². The van der Waals surface area contributed by atoms with Crippen molar-refractivity contribution in [2.75, 3.05) is 4.72 Å². The lowest BCUT2D eigenvalue weighted by atomic mass is 10.0. The third-order valence-corrected chi connectivity index (χ3v) is 5.13. The monoisotopic (exact) mass is 303 g/mol. The second-order valence-electron chi connectivity index (χ2n) is 5.03. The number of rotatable bonds is 5. The Labute approximate surface area is 127 Å². The summed E-state index contributed by atoms with van der Waals surface area (Å²) in [7, 11) is -3.56. The molecular formula is C17H21NO2S. The highest BCUT2D eigenvalue weighted by Gasteiger charge is 2.19. The third kappa shape index (κ3) is 3.27. The summed E-state index contributed by atoms with van der Waals surface area (Å²) in [6.45, 7) is 5.86. The van der Waals surface area contributed by atoms with Gasteiger partial charge in [0.15, 0.2) is 0 Å². The Balaban J connectivity index is 2.49. The van der Waals surface area contributed by atoms with Gasteiger partial charge in [-0.1, -0.05) is 50.2 Å². The van der Waals surface area contributed by atoms with Gasteiger partial charge in [-0.3, -0.25) is 4.72 Å². The summed E-state index contributed by atoms with van der Waals surface area (Å²) in [5.41, 5.74) is 3.51. The molecule has 0 fully saturated rings. The second-order valence-corrected chi connectivity index (χ2v) is 6.68. The lowest BCUT2D eigenvalue weighted by Gasteiger charge is -2.16. The molecule has 0 aliphatic heterocycles. The first-order chi connectivity index (χ1) is 9.99. The van der Waals surface area contributed by atoms with Gasteiger partial charge in [-0.2, -0.15) is 0 Å². The summed E-state index contributed by atoms with van der Waals surface area (Å²) in [6.07, 6.45) is 1.58. The summed E-state index contributed by atoms with van der Waals surface area (Å²) in [6, 6.07) is 12.9. The van der Waals surface area contributed by atoms with Gasteiger partial charge < -0.3 is 0 Å². The molecule has 0 radical (unpaired) electrons. The maximum atomic E-state index is 12.6. The van der Waals surface area contributed by atoms with Gasteiger partial charge in [0.25, 0.3) is 10.0 Å². The van der Waals surface area contributed by atoms with Crippen LogP contribution in [0, 0.1) is 6.92 Å². The molecule has 0 bridgehead atoms. The number of hydrogen-bond acceptors (Lipinski definition) is 2. The number of anilines is 1. The molecule has 0 heterocycles. The van der Waals surface area contributed by atoms with E-state index in [4.69, 9.17) is 0 Å². The van der Waals surface area contributed by atoms with Crippen molar-refractivity contribution < 1.29 is 8.42 Å². The van der Waals surface area contributed by atoms with E-state index in [1.807, 2.05) is 38.1 Å². The SMILES string of the molecule is CCc1cccc(CC)c1NS(=O)(=O)c1ccccc1C. The van der Waals surface area contributed by atoms with E-state index in [-0.39, 0.29) is 0 Å². The Morgan fingerprint density at radius 1 is 0.905 bits per heavy atom. The molecule has 4 heteroatoms. The first kappa shape index (κ1) is 15.6. The van der Waals surface area contributed by atoms with Gasteiger partial charge in [-0.15, -0.1) is 0 Å². The molecule has 0 unspecified atom stereocenters. The molecule has 3 nitrogen and oxygen atoms in total. The van der Waals surface area contributed by atoms with Gasteiger partial charge in [0.2, 0.25) is 0 Å². The van der Waals surface area contributed by atoms with Crippen molar-refractivity contribution in [1.29, 1.82) is 0 Å². The van der Waals surface area contributed by atoms with Crippen molar-refractivity contribution >= 4 is 15.7 Å². The molecule has 2 rings (SSSR count). The molecular weight excluding hydrogens is 282 g/mol. The number of aryl methyl sites for hydroxylation is 3. The number of hydrogen-bond donors (Lipinski definition) is 1. The van der Waals surface area contributed by atoms with E-state index < -0.39 is 10.0 Å². The van der Waals surface area contributed by atoms with E-state index >= 15 is 0 Å². The molecule has 0 atom stereocenters. The Morgan fingerprint density at radius 2 is 1.48 bits per heavy atom. The lowest BCUT2D eigenvalue weighted by Crippen LogP contribution is -2.16. The Kier molecular flexibility index (Phi) is 4.68. The summed E-state index contributed by atoms with van der Waals surface area (Å²) in [5.74, 6) is 0. The molecule has 0 saturated carbocycles. The molecule has 1 N–H and O–H groups in total. The van der Waals surface area contributed by atoms with Crippen LogP contribution in [0.3, 0.4) is 0 Å². The van der Waals surface area contributed by atoms with Gasteiger partial charge in [0.05, 0.1) is 10.6 Å². The van der Waals surface area contributed by atoms with Gasteiger partial charge in [-0.05, 0) is 42.5 Å². The fourth-order valence-electron chi connectivity index (χ4n) is 2.42. The molecule has 0 amide bonds. The average molecular weight is 303 g/mol. The van der Waals surface area contributed by atoms with Crippen molar-refractivity contribution in [3.05, 3.63) is 59.2 Å². The Bertz CT molecular complexity index is 714. The van der Waals surface area contributed by atoms with E-state index in [1.165, 1.54) is 0 Å². The van der Waals surface area contributed by atoms with Crippen LogP contribution < -0.4 is 4.72 Å². The topological polar surface area (TPSA) is 46.2 Å². The zero-order valence-electron chi connectivity index (χ0n) is 12.7. The Morgan fingerprint density at radius 3 is 2.00 bits per heavy atom. The molecule has 21 heavy (non-hydrogen) atoms. The first-order valence-electron chi connectivity index (χ1n) is 7.18. The van der Waals surface area contributed by atoms with Gasteiger partial charge in [0, 0.05) is 0 Å². The normalized spacial score (nSPS) is 11.4. The van der Waals surface area contributed by atoms with Crippen LogP contribution >= 0.6 is 0 Å². The molecule has 2 aromatic rings. The molecule has 0 aliphatic rings. The minimum atomic E-state index is -3.56. The van der Waals surface area contributed by atoms with Gasteiger partial charge >= 0.3 is 0 Å². The third-order valence-electron chi connectivity index (χ3n) is 3.62. The molecule has 2 aromatic carbocycles. The van der Waals surface area contributed by atoms with Gasteiger partial charge in [0.1, 0.15) is 0 Å². The largest absolute Gasteiger partial charge is 0.279 e. The minimum absolute atomic E-state index is 0.331. The second kappa shape index (κ2) is 6.31. The van der Waals surface area contributed by atoms with Crippen LogP contribution in [0.25, 0.3) is 0 Å². The Hall–Kier alpha value is -1.81. The van der Waals surface area contributed by atoms with Crippen LogP contribution in [0.4, 0.5) is 5.69 Å². The zero-order chi connectivity index (χ0) is 15.5. The van der Waals surface area contributed by atoms with Crippen LogP contribution in [0.15, 0.2) is 47.4 Å². The van der Waals surface area contributed by atoms with E-state index in [1.54, 1.807) is 25.1 Å². The highest BCUT2D eigenvalue weighted by molar-refractivity contribution is 7.92. The fourth-order valence-corrected chi connectivity index (χ4v) is 3.81. The summed E-state index contributed by atoms with van der Waals surface area (Å²) < 4.78 is 28.1. The highest BCUT2D eigenvalue weighted by atomic mass is 32.2. The number of benzene rings is 2. The molecule has 0 spiro atoms. The highest BCUT2D eigenvalue weighted by Crippen LogP contribution is 2.26. The van der Waals surface area contributed by atoms with Crippen LogP contribution in [0.5, 0.6) is 0 Å². The molecule has 0 saturated heterocycles. The van der Waals surface area contributed by atoms with Crippen LogP contribution in [-0.2, 0) is 22.9 Å². The predicted molar refractivity (Wildman–Crippen MR) is 87.2 cm³/mol. The van der Waals surface area contributed by atoms with Crippen molar-refractivity contribution in [1.82, 2.24) is 0 Å². The quantitative estimate of drug-likeness (QED) is 0.910. The summed E-state index contributed by atoms with van der Waals surface area (Å²) >= 11 is 0. The minimum Gasteiger partial charge on any atom is -0.279 e. The first-order valence-corrected chi connectivity index (χ1v) is 8.67. The van der Waals surface area contributed by atoms with Crippen molar-refractivity contribution in [3.63, 3.8) is 0 Å². The zero-order valence-corrected chi connectivity index (χ0v) is 13.5. The van der Waals surface area contributed by atoms with Crippen LogP contribution in [-0.4, -0.2) is 8.42 Å². The maximum absolute atomic E-state index is 12.6. The fraction of sp³-hybridized carbons (Fsp3) is 0.294. The maximum Gasteiger partial charge on any atom is 0.262 e. The van der Waals surface area contributed by atoms with Crippen LogP contribution in [0.1, 0.15) is 30.5 Å². The predicted octanol–water partition coefficient (Wildman–Crippen LogP) is 3.92. The smallest absolute Gasteiger partial charge is 0.262 e. The average Bonchev–Trinajstić information content (AvgIpc) is 2.47. The standard InChI is InChI=1S/C17H21NO2S/c1-4-14-10-8-11-15(5-2)17(14)18-21(19,20)16-12-7-6-9-13(16)3/h6-12,18H,4-5H2,1-3H3. The van der Waals surface area contributed by atoms with E-state index in [2.05, 4.69) is 4.72 Å². The summed E-state index contributed by atoms with van der Waals surface area (Å²) in [5, 5.41) is 0. The molecule has 112 valence electrons. The van der Waals surface area contributed by atoms with Crippen LogP contribution in [0.2, 0.25) is 0 Å².